The Morgan fingerprint density at radius 3 is 0.818 bits per heavy atom. The van der Waals surface area contributed by atoms with Gasteiger partial charge in [0.05, 0.1) is 0 Å². The Hall–Kier alpha value is 1.10. The summed E-state index contributed by atoms with van der Waals surface area (Å²) in [6.07, 6.45) is 0. The summed E-state index contributed by atoms with van der Waals surface area (Å²) in [5, 5.41) is 0. The molecule has 1 aliphatic rings. The first-order valence-corrected chi connectivity index (χ1v) is 8.66. The van der Waals surface area contributed by atoms with E-state index in [2.05, 4.69) is 0 Å². The van der Waals surface area contributed by atoms with Crippen molar-refractivity contribution in [1.82, 2.24) is 0 Å². The molecule has 0 amide bonds. The molecule has 68 valence electrons. The normalized spacial score (nSPS) is 32.7. The molecule has 0 bridgehead atoms. The summed E-state index contributed by atoms with van der Waals surface area (Å²) >= 11 is 0. The van der Waals surface area contributed by atoms with Gasteiger partial charge < -0.3 is 20.6 Å². The van der Waals surface area contributed by atoms with E-state index in [-0.39, 0.29) is 11.0 Å². The Kier molecular flexibility index (Phi) is 10.1. The zero-order valence-electron chi connectivity index (χ0n) is 5.58. The van der Waals surface area contributed by atoms with Crippen LogP contribution in [0.5, 0.6) is 0 Å². The molecule has 0 spiro atoms. The Bertz CT molecular complexity index is 44.2. The molecule has 0 atom stereocenters. The highest BCUT2D eigenvalue weighted by atomic mass is 28.4. The molecule has 0 aromatic heterocycles. The molecule has 1 rings (SSSR count). The maximum Gasteiger partial charge on any atom is 0.286 e. The Balaban J connectivity index is 0.000001000. The molecule has 0 aliphatic carbocycles. The topological polar surface area (TPSA) is 46.2 Å². The Morgan fingerprint density at radius 1 is 0.455 bits per heavy atom. The van der Waals surface area contributed by atoms with Crippen LogP contribution in [-0.2, 0) is 20.6 Å². The zero-order chi connectivity index (χ0) is 7.07. The summed E-state index contributed by atoms with van der Waals surface area (Å²) in [6, 6.07) is 0. The summed E-state index contributed by atoms with van der Waals surface area (Å²) in [5.74, 6) is 0. The fourth-order valence-corrected chi connectivity index (χ4v) is 9.49. The summed E-state index contributed by atoms with van der Waals surface area (Å²) in [4.78, 5) is 0. The average Bonchev–Trinajstić information content (AvgIpc) is 2.01. The second kappa shape index (κ2) is 9.19. The van der Waals surface area contributed by atoms with E-state index in [0.717, 1.165) is 0 Å². The summed E-state index contributed by atoms with van der Waals surface area (Å²) in [7, 11) is -3.62. The van der Waals surface area contributed by atoms with E-state index < -0.39 is 50.0 Å². The molecule has 0 unspecified atom stereocenters. The molecule has 0 N–H and O–H groups in total. The maximum atomic E-state index is 5.17. The molecule has 1 heterocycles. The van der Waals surface area contributed by atoms with Gasteiger partial charge in [-0.3, -0.25) is 0 Å². The lowest BCUT2D eigenvalue weighted by Gasteiger charge is -2.10. The molecular formula is H14O5Si6. The molecule has 5 nitrogen and oxygen atoms in total. The van der Waals surface area contributed by atoms with Crippen LogP contribution < -0.4 is 0 Å². The average molecular weight is 263 g/mol. The fourth-order valence-electron chi connectivity index (χ4n) is 0.465. The van der Waals surface area contributed by atoms with Gasteiger partial charge in [0.1, 0.15) is 0 Å². The third kappa shape index (κ3) is 7.46. The quantitative estimate of drug-likeness (QED) is 0.407. The second-order valence-corrected chi connectivity index (χ2v) is 11.0. The molecule has 1 fully saturated rings. The lowest BCUT2D eigenvalue weighted by atomic mass is 15.7. The van der Waals surface area contributed by atoms with Crippen molar-refractivity contribution < 1.29 is 20.6 Å². The fraction of sp³-hybridized carbons (Fsp3) is 0. The monoisotopic (exact) mass is 262 g/mol. The maximum absolute atomic E-state index is 5.17. The summed E-state index contributed by atoms with van der Waals surface area (Å²) < 4.78 is 25.8. The number of hydrogen-bond donors (Lipinski definition) is 0. The molecule has 11 heavy (non-hydrogen) atoms. The highest BCUT2D eigenvalue weighted by molar-refractivity contribution is 6.50. The minimum atomic E-state index is -0.724. The smallest absolute Gasteiger partial charge is 0.286 e. The Labute approximate surface area is 81.8 Å². The van der Waals surface area contributed by atoms with E-state index in [0.29, 0.717) is 0 Å². The van der Waals surface area contributed by atoms with E-state index in [4.69, 9.17) is 20.6 Å². The van der Waals surface area contributed by atoms with Gasteiger partial charge in [-0.05, 0) is 11.0 Å². The molecule has 0 aromatic carbocycles. The van der Waals surface area contributed by atoms with Gasteiger partial charge in [-0.1, -0.05) is 0 Å². The van der Waals surface area contributed by atoms with Crippen molar-refractivity contribution >= 4 is 61.0 Å². The molecular weight excluding hydrogens is 249 g/mol. The Morgan fingerprint density at radius 2 is 0.636 bits per heavy atom. The third-order valence-corrected chi connectivity index (χ3v) is 7.50. The second-order valence-electron chi connectivity index (χ2n) is 1.61. The molecule has 11 heteroatoms. The van der Waals surface area contributed by atoms with E-state index in [1.165, 1.54) is 0 Å². The minimum absolute atomic E-state index is 0. The largest absolute Gasteiger partial charge is 0.425 e. The van der Waals surface area contributed by atoms with E-state index in [1.54, 1.807) is 0 Å². The van der Waals surface area contributed by atoms with Crippen molar-refractivity contribution in [1.29, 1.82) is 0 Å². The first-order chi connectivity index (χ1) is 5.00. The van der Waals surface area contributed by atoms with Crippen molar-refractivity contribution in [2.45, 2.75) is 0 Å². The number of hydrogen-bond acceptors (Lipinski definition) is 5. The van der Waals surface area contributed by atoms with Crippen LogP contribution in [0.15, 0.2) is 0 Å². The number of rotatable bonds is 0. The first-order valence-electron chi connectivity index (χ1n) is 2.89. The predicted octanol–water partition coefficient (Wildman–Crippen LogP) is -6.37. The standard InChI is InChI=1S/H10O5Si5.H4Si/c1-6-2-8-4-10-5-9-3-7-1;/h6-10H2;1H4. The van der Waals surface area contributed by atoms with Crippen LogP contribution in [0.2, 0.25) is 0 Å². The third-order valence-electron chi connectivity index (χ3n) is 0.833. The van der Waals surface area contributed by atoms with Gasteiger partial charge >= 0.3 is 0 Å². The van der Waals surface area contributed by atoms with Crippen molar-refractivity contribution in [3.63, 3.8) is 0 Å². The summed E-state index contributed by atoms with van der Waals surface area (Å²) in [5.41, 5.74) is 0. The van der Waals surface area contributed by atoms with Gasteiger partial charge in [0, 0.05) is 0 Å². The molecule has 0 radical (unpaired) electrons. The van der Waals surface area contributed by atoms with Gasteiger partial charge in [-0.15, -0.1) is 0 Å². The zero-order valence-corrected chi connectivity index (χ0v) is 12.6. The van der Waals surface area contributed by atoms with Crippen LogP contribution in [0.3, 0.4) is 0 Å². The lowest BCUT2D eigenvalue weighted by Crippen LogP contribution is -2.23. The lowest BCUT2D eigenvalue weighted by molar-refractivity contribution is 0.347. The van der Waals surface area contributed by atoms with Crippen molar-refractivity contribution in [3.05, 3.63) is 0 Å². The van der Waals surface area contributed by atoms with Crippen molar-refractivity contribution in [3.8, 4) is 0 Å². The van der Waals surface area contributed by atoms with Gasteiger partial charge in [-0.2, -0.15) is 0 Å². The van der Waals surface area contributed by atoms with E-state index in [9.17, 15) is 0 Å². The first kappa shape index (κ1) is 12.1. The van der Waals surface area contributed by atoms with Gasteiger partial charge in [0.2, 0.25) is 0 Å². The molecule has 0 aromatic rings. The van der Waals surface area contributed by atoms with E-state index >= 15 is 0 Å². The predicted molar refractivity (Wildman–Crippen MR) is 59.5 cm³/mol. The van der Waals surface area contributed by atoms with Gasteiger partial charge in [0.25, 0.3) is 50.0 Å². The van der Waals surface area contributed by atoms with Crippen LogP contribution in [0.1, 0.15) is 0 Å². The molecule has 1 saturated heterocycles. The summed E-state index contributed by atoms with van der Waals surface area (Å²) in [6.45, 7) is 0. The van der Waals surface area contributed by atoms with Crippen molar-refractivity contribution in [2.75, 3.05) is 0 Å². The van der Waals surface area contributed by atoms with Crippen LogP contribution in [0.4, 0.5) is 0 Å². The highest BCUT2D eigenvalue weighted by Crippen LogP contribution is 1.79. The molecule has 0 saturated carbocycles. The van der Waals surface area contributed by atoms with E-state index in [1.807, 2.05) is 0 Å². The van der Waals surface area contributed by atoms with Crippen LogP contribution in [0.25, 0.3) is 0 Å². The van der Waals surface area contributed by atoms with Gasteiger partial charge in [-0.25, -0.2) is 0 Å². The highest BCUT2D eigenvalue weighted by Gasteiger charge is 1.97. The van der Waals surface area contributed by atoms with Crippen LogP contribution in [-0.4, -0.2) is 61.0 Å². The molecule has 1 aliphatic heterocycles. The van der Waals surface area contributed by atoms with Crippen molar-refractivity contribution in [2.24, 2.45) is 0 Å². The van der Waals surface area contributed by atoms with Crippen LogP contribution in [0, 0.1) is 0 Å². The SMILES string of the molecule is O1[SiH2]O[SiH2]O[SiH2]O[SiH2]O[SiH2]1.[SiH4]. The minimum Gasteiger partial charge on any atom is -0.425 e. The van der Waals surface area contributed by atoms with Crippen LogP contribution >= 0.6 is 0 Å². The van der Waals surface area contributed by atoms with Gasteiger partial charge in [0.15, 0.2) is 0 Å².